The lowest BCUT2D eigenvalue weighted by molar-refractivity contribution is -0.311. The van der Waals surface area contributed by atoms with Crippen LogP contribution in [-0.4, -0.2) is 74.8 Å². The molecule has 5 unspecified atom stereocenters. The minimum atomic E-state index is -2.21. The fourth-order valence-corrected chi connectivity index (χ4v) is 4.28. The maximum atomic E-state index is 13.0. The summed E-state index contributed by atoms with van der Waals surface area (Å²) in [6, 6.07) is 10.3. The summed E-state index contributed by atoms with van der Waals surface area (Å²) in [7, 11) is 0. The highest BCUT2D eigenvalue weighted by molar-refractivity contribution is 5.82. The molecule has 6 N–H and O–H groups in total. The number of fused-ring (bicyclic) bond motifs is 1. The SMILES string of the molecule is CC(C)CCNCC1(O)C(Oc2ccc3c(=O)c(-c4ccc(O)cc4)coc3c2)OC(C(=O)O)C(O)C1O. The lowest BCUT2D eigenvalue weighted by Crippen LogP contribution is -2.71. The largest absolute Gasteiger partial charge is 0.508 e. The number of aromatic hydroxyl groups is 1. The fourth-order valence-electron chi connectivity index (χ4n) is 4.28. The van der Waals surface area contributed by atoms with Crippen LogP contribution in [0, 0.1) is 5.92 Å². The van der Waals surface area contributed by atoms with Crippen molar-refractivity contribution in [2.45, 2.75) is 50.5 Å². The van der Waals surface area contributed by atoms with E-state index in [9.17, 15) is 35.1 Å². The van der Waals surface area contributed by atoms with Gasteiger partial charge in [-0.3, -0.25) is 4.79 Å². The van der Waals surface area contributed by atoms with Crippen molar-refractivity contribution in [1.29, 1.82) is 0 Å². The Kier molecular flexibility index (Phi) is 8.05. The maximum absolute atomic E-state index is 13.0. The lowest BCUT2D eigenvalue weighted by atomic mass is 9.86. The van der Waals surface area contributed by atoms with Crippen molar-refractivity contribution >= 4 is 16.9 Å². The summed E-state index contributed by atoms with van der Waals surface area (Å²) in [5, 5.41) is 54.5. The van der Waals surface area contributed by atoms with Gasteiger partial charge in [-0.2, -0.15) is 0 Å². The molecule has 2 aromatic carbocycles. The number of ether oxygens (including phenoxy) is 2. The number of aliphatic hydroxyl groups is 3. The van der Waals surface area contributed by atoms with Gasteiger partial charge in [-0.15, -0.1) is 0 Å². The van der Waals surface area contributed by atoms with Gasteiger partial charge in [0.05, 0.1) is 10.9 Å². The Morgan fingerprint density at radius 3 is 2.53 bits per heavy atom. The van der Waals surface area contributed by atoms with E-state index >= 15 is 0 Å². The minimum Gasteiger partial charge on any atom is -0.508 e. The van der Waals surface area contributed by atoms with Gasteiger partial charge in [0.25, 0.3) is 0 Å². The number of carboxylic acids is 1. The van der Waals surface area contributed by atoms with Crippen LogP contribution in [0.15, 0.2) is 57.9 Å². The first-order valence-electron chi connectivity index (χ1n) is 12.2. The van der Waals surface area contributed by atoms with Gasteiger partial charge in [-0.1, -0.05) is 26.0 Å². The molecule has 1 saturated heterocycles. The lowest BCUT2D eigenvalue weighted by Gasteiger charge is -2.46. The van der Waals surface area contributed by atoms with E-state index in [4.69, 9.17) is 13.9 Å². The zero-order chi connectivity index (χ0) is 27.6. The zero-order valence-electron chi connectivity index (χ0n) is 20.9. The smallest absolute Gasteiger partial charge is 0.335 e. The number of phenols is 1. The van der Waals surface area contributed by atoms with Crippen LogP contribution >= 0.6 is 0 Å². The first-order chi connectivity index (χ1) is 18.0. The highest BCUT2D eigenvalue weighted by Crippen LogP contribution is 2.33. The van der Waals surface area contributed by atoms with Gasteiger partial charge in [0.2, 0.25) is 6.29 Å². The van der Waals surface area contributed by atoms with Gasteiger partial charge >= 0.3 is 5.97 Å². The number of hydrogen-bond donors (Lipinski definition) is 6. The minimum absolute atomic E-state index is 0.0588. The maximum Gasteiger partial charge on any atom is 0.335 e. The van der Waals surface area contributed by atoms with Crippen LogP contribution in [0.2, 0.25) is 0 Å². The third-order valence-electron chi connectivity index (χ3n) is 6.54. The predicted molar refractivity (Wildman–Crippen MR) is 136 cm³/mol. The van der Waals surface area contributed by atoms with E-state index in [1.807, 2.05) is 13.8 Å². The molecular formula is C27H31NO10. The molecule has 0 saturated carbocycles. The molecule has 3 aromatic rings. The molecule has 0 bridgehead atoms. The number of carbonyl (C=O) groups is 1. The number of aliphatic carboxylic acids is 1. The van der Waals surface area contributed by atoms with E-state index in [-0.39, 0.29) is 40.0 Å². The van der Waals surface area contributed by atoms with Crippen LogP contribution in [0.3, 0.4) is 0 Å². The van der Waals surface area contributed by atoms with Gasteiger partial charge in [0.15, 0.2) is 17.1 Å². The number of carboxylic acid groups (broad SMARTS) is 1. The van der Waals surface area contributed by atoms with Crippen molar-refractivity contribution in [3.8, 4) is 22.6 Å². The number of hydrogen-bond acceptors (Lipinski definition) is 10. The van der Waals surface area contributed by atoms with Crippen LogP contribution in [-0.2, 0) is 9.53 Å². The molecule has 5 atom stereocenters. The van der Waals surface area contributed by atoms with Gasteiger partial charge in [0, 0.05) is 12.6 Å². The van der Waals surface area contributed by atoms with Crippen molar-refractivity contribution < 1.29 is 44.2 Å². The van der Waals surface area contributed by atoms with Gasteiger partial charge in [-0.25, -0.2) is 4.79 Å². The van der Waals surface area contributed by atoms with Crippen LogP contribution < -0.4 is 15.5 Å². The molecule has 0 radical (unpaired) electrons. The third-order valence-corrected chi connectivity index (χ3v) is 6.54. The zero-order valence-corrected chi connectivity index (χ0v) is 20.9. The van der Waals surface area contributed by atoms with Crippen molar-refractivity contribution in [3.05, 3.63) is 59.0 Å². The Bertz CT molecular complexity index is 1340. The van der Waals surface area contributed by atoms with Crippen LogP contribution in [0.4, 0.5) is 0 Å². The van der Waals surface area contributed by atoms with Crippen LogP contribution in [0.1, 0.15) is 20.3 Å². The second-order valence-corrected chi connectivity index (χ2v) is 9.81. The normalized spacial score (nSPS) is 25.5. The molecule has 4 rings (SSSR count). The second kappa shape index (κ2) is 11.1. The molecule has 0 amide bonds. The van der Waals surface area contributed by atoms with E-state index < -0.39 is 36.2 Å². The summed E-state index contributed by atoms with van der Waals surface area (Å²) >= 11 is 0. The van der Waals surface area contributed by atoms with Crippen LogP contribution in [0.25, 0.3) is 22.1 Å². The van der Waals surface area contributed by atoms with Gasteiger partial charge in [0.1, 0.15) is 35.6 Å². The van der Waals surface area contributed by atoms with E-state index in [1.165, 1.54) is 36.6 Å². The summed E-state index contributed by atoms with van der Waals surface area (Å²) in [6.45, 7) is 4.28. The Hall–Kier alpha value is -3.48. The Morgan fingerprint density at radius 1 is 1.16 bits per heavy atom. The average Bonchev–Trinajstić information content (AvgIpc) is 2.88. The number of rotatable bonds is 9. The molecule has 2 heterocycles. The van der Waals surface area contributed by atoms with Crippen molar-refractivity contribution in [2.75, 3.05) is 13.1 Å². The molecule has 38 heavy (non-hydrogen) atoms. The quantitative estimate of drug-likeness (QED) is 0.221. The molecule has 11 nitrogen and oxygen atoms in total. The number of nitrogens with one attached hydrogen (secondary N) is 1. The molecule has 1 aliphatic rings. The Balaban J connectivity index is 1.62. The predicted octanol–water partition coefficient (Wildman–Crippen LogP) is 1.44. The monoisotopic (exact) mass is 529 g/mol. The molecule has 1 fully saturated rings. The van der Waals surface area contributed by atoms with E-state index in [0.717, 1.165) is 6.42 Å². The number of benzene rings is 2. The Labute approximate surface area is 217 Å². The second-order valence-electron chi connectivity index (χ2n) is 9.81. The summed E-state index contributed by atoms with van der Waals surface area (Å²) in [6.07, 6.45) is -5.30. The van der Waals surface area contributed by atoms with Crippen molar-refractivity contribution in [1.82, 2.24) is 5.32 Å². The molecule has 1 aliphatic heterocycles. The first-order valence-corrected chi connectivity index (χ1v) is 12.2. The third kappa shape index (κ3) is 5.52. The summed E-state index contributed by atoms with van der Waals surface area (Å²) < 4.78 is 16.9. The Morgan fingerprint density at radius 2 is 1.87 bits per heavy atom. The van der Waals surface area contributed by atoms with Gasteiger partial charge < -0.3 is 44.7 Å². The molecule has 0 spiro atoms. The van der Waals surface area contributed by atoms with E-state index in [2.05, 4.69) is 5.32 Å². The van der Waals surface area contributed by atoms with Gasteiger partial charge in [-0.05, 0) is 48.7 Å². The summed E-state index contributed by atoms with van der Waals surface area (Å²) in [5.74, 6) is -1.04. The molecule has 0 aliphatic carbocycles. The molecule has 204 valence electrons. The summed E-state index contributed by atoms with van der Waals surface area (Å²) in [4.78, 5) is 24.7. The van der Waals surface area contributed by atoms with E-state index in [0.29, 0.717) is 18.0 Å². The highest BCUT2D eigenvalue weighted by Gasteiger charge is 2.58. The van der Waals surface area contributed by atoms with Crippen LogP contribution in [0.5, 0.6) is 11.5 Å². The van der Waals surface area contributed by atoms with Crippen molar-refractivity contribution in [2.24, 2.45) is 5.92 Å². The topological polar surface area (TPSA) is 179 Å². The highest BCUT2D eigenvalue weighted by atomic mass is 16.7. The fraction of sp³-hybridized carbons (Fsp3) is 0.407. The number of phenolic OH excluding ortho intramolecular Hbond substituents is 1. The first kappa shape index (κ1) is 27.6. The average molecular weight is 530 g/mol. The molecule has 1 aromatic heterocycles. The van der Waals surface area contributed by atoms with Crippen molar-refractivity contribution in [3.63, 3.8) is 0 Å². The number of aliphatic hydroxyl groups excluding tert-OH is 2. The van der Waals surface area contributed by atoms with E-state index in [1.54, 1.807) is 12.1 Å². The summed E-state index contributed by atoms with van der Waals surface area (Å²) in [5.41, 5.74) is -1.55. The molecule has 11 heteroatoms. The molecular weight excluding hydrogens is 498 g/mol. The standard InChI is InChI=1S/C27H31NO10/c1-14(2)9-10-28-13-27(35)24(32)22(31)23(25(33)34)38-26(27)37-17-7-8-18-20(11-17)36-12-19(21(18)30)15-3-5-16(29)6-4-15/h3-8,11-12,14,22-24,26,28-29,31-32,35H,9-10,13H2,1-2H3,(H,33,34).